The number of ether oxygens (including phenoxy) is 4. The summed E-state index contributed by atoms with van der Waals surface area (Å²) >= 11 is 0. The molecular formula is C31H44O4. The molecule has 0 aromatic heterocycles. The van der Waals surface area contributed by atoms with E-state index in [0.29, 0.717) is 23.7 Å². The van der Waals surface area contributed by atoms with E-state index >= 15 is 0 Å². The quantitative estimate of drug-likeness (QED) is 0.356. The number of hydrogen-bond acceptors (Lipinski definition) is 4. The van der Waals surface area contributed by atoms with E-state index in [0.717, 1.165) is 32.8 Å². The molecule has 3 spiro atoms. The van der Waals surface area contributed by atoms with Crippen molar-refractivity contribution in [1.29, 1.82) is 0 Å². The van der Waals surface area contributed by atoms with Crippen LogP contribution < -0.4 is 0 Å². The highest BCUT2D eigenvalue weighted by Crippen LogP contribution is 2.59. The Morgan fingerprint density at radius 2 is 1.23 bits per heavy atom. The van der Waals surface area contributed by atoms with Crippen LogP contribution in [0.1, 0.15) is 103 Å². The Kier molecular flexibility index (Phi) is 5.20. The molecule has 0 radical (unpaired) electrons. The van der Waals surface area contributed by atoms with E-state index in [2.05, 4.69) is 0 Å². The molecule has 4 atom stereocenters. The summed E-state index contributed by atoms with van der Waals surface area (Å²) in [6.45, 7) is 2.94. The lowest BCUT2D eigenvalue weighted by molar-refractivity contribution is -0.400. The normalized spacial score (nSPS) is 49.4. The molecule has 4 fully saturated rings. The van der Waals surface area contributed by atoms with Crippen molar-refractivity contribution in [2.24, 2.45) is 29.1 Å². The molecule has 0 aromatic rings. The van der Waals surface area contributed by atoms with Crippen molar-refractivity contribution in [1.82, 2.24) is 0 Å². The summed E-state index contributed by atoms with van der Waals surface area (Å²) in [5, 5.41) is 0. The Labute approximate surface area is 211 Å². The van der Waals surface area contributed by atoms with Crippen LogP contribution in [-0.2, 0) is 18.9 Å². The first-order valence-electron chi connectivity index (χ1n) is 15.2. The van der Waals surface area contributed by atoms with Crippen LogP contribution in [0.15, 0.2) is 22.3 Å². The summed E-state index contributed by atoms with van der Waals surface area (Å²) in [6.07, 6.45) is 20.8. The molecule has 4 nitrogen and oxygen atoms in total. The average molecular weight is 481 g/mol. The summed E-state index contributed by atoms with van der Waals surface area (Å²) in [6, 6.07) is 0. The van der Waals surface area contributed by atoms with Crippen LogP contribution in [0.4, 0.5) is 0 Å². The van der Waals surface area contributed by atoms with Gasteiger partial charge in [0.25, 0.3) is 0 Å². The molecule has 0 amide bonds. The summed E-state index contributed by atoms with van der Waals surface area (Å²) in [5.41, 5.74) is 6.91. The van der Waals surface area contributed by atoms with Crippen molar-refractivity contribution in [2.45, 2.75) is 114 Å². The fourth-order valence-electron chi connectivity index (χ4n) is 9.96. The van der Waals surface area contributed by atoms with E-state index < -0.39 is 0 Å². The van der Waals surface area contributed by atoms with Gasteiger partial charge in [0.1, 0.15) is 0 Å². The van der Waals surface area contributed by atoms with Gasteiger partial charge in [0.05, 0.1) is 31.8 Å². The summed E-state index contributed by atoms with van der Waals surface area (Å²) in [5.74, 6) is 1.48. The topological polar surface area (TPSA) is 36.9 Å². The monoisotopic (exact) mass is 480 g/mol. The zero-order chi connectivity index (χ0) is 23.1. The molecule has 2 saturated carbocycles. The van der Waals surface area contributed by atoms with Crippen molar-refractivity contribution >= 4 is 0 Å². The summed E-state index contributed by atoms with van der Waals surface area (Å²) in [7, 11) is 0. The van der Waals surface area contributed by atoms with Gasteiger partial charge in [-0.2, -0.15) is 0 Å². The third-order valence-electron chi connectivity index (χ3n) is 11.7. The third-order valence-corrected chi connectivity index (χ3v) is 11.7. The van der Waals surface area contributed by atoms with Crippen molar-refractivity contribution in [3.8, 4) is 0 Å². The first-order valence-corrected chi connectivity index (χ1v) is 15.2. The highest BCUT2D eigenvalue weighted by Gasteiger charge is 2.61. The first-order chi connectivity index (χ1) is 17.2. The third kappa shape index (κ3) is 3.25. The molecule has 2 aliphatic heterocycles. The van der Waals surface area contributed by atoms with E-state index in [1.807, 2.05) is 5.57 Å². The van der Waals surface area contributed by atoms with Gasteiger partial charge < -0.3 is 18.9 Å². The lowest BCUT2D eigenvalue weighted by Gasteiger charge is -2.60. The van der Waals surface area contributed by atoms with Crippen LogP contribution in [0.5, 0.6) is 0 Å². The zero-order valence-electron chi connectivity index (χ0n) is 21.6. The van der Waals surface area contributed by atoms with E-state index in [9.17, 15) is 0 Å². The van der Waals surface area contributed by atoms with Crippen LogP contribution in [0, 0.1) is 29.1 Å². The Morgan fingerprint density at radius 3 is 2.06 bits per heavy atom. The van der Waals surface area contributed by atoms with Crippen LogP contribution in [0.2, 0.25) is 0 Å². The molecule has 0 unspecified atom stereocenters. The van der Waals surface area contributed by atoms with Crippen LogP contribution >= 0.6 is 0 Å². The maximum absolute atomic E-state index is 6.94. The van der Waals surface area contributed by atoms with Gasteiger partial charge in [-0.3, -0.25) is 0 Å². The van der Waals surface area contributed by atoms with E-state index in [4.69, 9.17) is 18.9 Å². The summed E-state index contributed by atoms with van der Waals surface area (Å²) < 4.78 is 27.7. The van der Waals surface area contributed by atoms with Crippen molar-refractivity contribution in [2.75, 3.05) is 26.4 Å². The second kappa shape index (κ2) is 8.16. The van der Waals surface area contributed by atoms with E-state index in [1.165, 1.54) is 96.3 Å². The molecule has 0 N–H and O–H groups in total. The molecule has 7 aliphatic carbocycles. The molecule has 4 heteroatoms. The highest BCUT2D eigenvalue weighted by atomic mass is 16.7. The van der Waals surface area contributed by atoms with Crippen molar-refractivity contribution in [3.05, 3.63) is 22.3 Å². The number of hydrogen-bond donors (Lipinski definition) is 0. The second-order valence-electron chi connectivity index (χ2n) is 13.6. The standard InChI is InChI=1S/C31H44O4/c1-2-11-25-21(7-1)15-23-9-6-14-28(25)31(23)34-19-29(20-35-31)17-32-30(33-18-29)16-22-8-5-13-27(30)26-12-4-3-10-24(22)26/h22-23,27-28H,1-20H2/t22-,23-,27-,28-,29?,30?,31?/m0/s1. The molecule has 4 bridgehead atoms. The Hall–Kier alpha value is -0.680. The first kappa shape index (κ1) is 22.3. The number of fused-ring (bicyclic) bond motifs is 3. The van der Waals surface area contributed by atoms with Gasteiger partial charge >= 0.3 is 0 Å². The fourth-order valence-corrected chi connectivity index (χ4v) is 9.96. The predicted molar refractivity (Wildman–Crippen MR) is 134 cm³/mol. The Balaban J connectivity index is 1.01. The van der Waals surface area contributed by atoms with Crippen molar-refractivity contribution in [3.63, 3.8) is 0 Å². The van der Waals surface area contributed by atoms with Gasteiger partial charge in [0, 0.05) is 24.2 Å². The Bertz CT molecular complexity index is 928. The smallest absolute Gasteiger partial charge is 0.177 e. The average Bonchev–Trinajstić information content (AvgIpc) is 3.19. The lowest BCUT2D eigenvalue weighted by Crippen LogP contribution is -2.65. The van der Waals surface area contributed by atoms with Gasteiger partial charge in [0.2, 0.25) is 0 Å². The summed E-state index contributed by atoms with van der Waals surface area (Å²) in [4.78, 5) is 0. The molecule has 9 aliphatic rings. The maximum atomic E-state index is 6.94. The number of allylic oxidation sites excluding steroid dienone is 2. The van der Waals surface area contributed by atoms with Gasteiger partial charge in [-0.25, -0.2) is 0 Å². The molecule has 35 heavy (non-hydrogen) atoms. The minimum absolute atomic E-state index is 0.138. The lowest BCUT2D eigenvalue weighted by atomic mass is 9.61. The van der Waals surface area contributed by atoms with Gasteiger partial charge in [0.15, 0.2) is 11.6 Å². The van der Waals surface area contributed by atoms with E-state index in [1.54, 1.807) is 16.7 Å². The molecule has 2 heterocycles. The largest absolute Gasteiger partial charge is 0.348 e. The molecule has 0 aromatic carbocycles. The SMILES string of the molecule is C1CCC2=C(C1)C[C@@H]1CCC[C@@H]2C12OCC1(COC3(C[C@@H]4CCC[C@H]3C3=C4CCCC3)OC1)CO2. The van der Waals surface area contributed by atoms with Crippen LogP contribution in [-0.4, -0.2) is 38.0 Å². The van der Waals surface area contributed by atoms with Crippen molar-refractivity contribution < 1.29 is 18.9 Å². The maximum Gasteiger partial charge on any atom is 0.177 e. The van der Waals surface area contributed by atoms with Crippen LogP contribution in [0.3, 0.4) is 0 Å². The molecular weight excluding hydrogens is 436 g/mol. The van der Waals surface area contributed by atoms with E-state index in [-0.39, 0.29) is 17.0 Å². The van der Waals surface area contributed by atoms with Gasteiger partial charge in [-0.1, -0.05) is 35.1 Å². The fraction of sp³-hybridized carbons (Fsp3) is 0.871. The Morgan fingerprint density at radius 1 is 0.571 bits per heavy atom. The minimum Gasteiger partial charge on any atom is -0.348 e. The number of rotatable bonds is 0. The molecule has 9 rings (SSSR count). The van der Waals surface area contributed by atoms with Gasteiger partial charge in [-0.05, 0) is 89.4 Å². The molecule has 2 saturated heterocycles. The van der Waals surface area contributed by atoms with Gasteiger partial charge in [-0.15, -0.1) is 0 Å². The zero-order valence-corrected chi connectivity index (χ0v) is 21.6. The second-order valence-corrected chi connectivity index (χ2v) is 13.6. The molecule has 192 valence electrons. The highest BCUT2D eigenvalue weighted by molar-refractivity contribution is 5.31. The minimum atomic E-state index is -0.374. The van der Waals surface area contributed by atoms with Crippen LogP contribution in [0.25, 0.3) is 0 Å². The predicted octanol–water partition coefficient (Wildman–Crippen LogP) is 6.84.